The number of sulfone groups is 1. The number of nitrogen functional groups attached to an aromatic ring is 1. The summed E-state index contributed by atoms with van der Waals surface area (Å²) in [6, 6.07) is 6.35. The molecule has 1 rings (SSSR count). The minimum absolute atomic E-state index is 0.0621. The number of hydrogen-bond acceptors (Lipinski definition) is 4. The molecule has 0 aliphatic rings. The average molecular weight is 257 g/mol. The molecule has 5 nitrogen and oxygen atoms in total. The van der Waals surface area contributed by atoms with Crippen LogP contribution in [0.15, 0.2) is 24.3 Å². The molecule has 0 saturated heterocycles. The summed E-state index contributed by atoms with van der Waals surface area (Å²) in [6.45, 7) is 1.54. The first kappa shape index (κ1) is 13.5. The van der Waals surface area contributed by atoms with Crippen molar-refractivity contribution >= 4 is 21.5 Å². The highest BCUT2D eigenvalue weighted by atomic mass is 32.2. The van der Waals surface area contributed by atoms with Gasteiger partial charge in [-0.25, -0.2) is 8.42 Å². The molecule has 0 spiro atoms. The van der Waals surface area contributed by atoms with Crippen LogP contribution in [0.1, 0.15) is 18.9 Å². The zero-order chi connectivity index (χ0) is 13.1. The van der Waals surface area contributed by atoms with E-state index >= 15 is 0 Å². The number of hydrogen-bond donors (Lipinski definition) is 2. The lowest BCUT2D eigenvalue weighted by Crippen LogP contribution is -2.30. The summed E-state index contributed by atoms with van der Waals surface area (Å²) >= 11 is 0. The number of aliphatic carboxylic acids is 1. The van der Waals surface area contributed by atoms with Crippen molar-refractivity contribution in [2.45, 2.75) is 24.3 Å². The van der Waals surface area contributed by atoms with Crippen LogP contribution in [0, 0.1) is 0 Å². The summed E-state index contributed by atoms with van der Waals surface area (Å²) in [7, 11) is -3.68. The molecule has 1 aromatic rings. The Hall–Kier alpha value is -1.56. The highest BCUT2D eigenvalue weighted by Crippen LogP contribution is 2.15. The molecule has 0 aliphatic heterocycles. The van der Waals surface area contributed by atoms with E-state index in [-0.39, 0.29) is 12.2 Å². The maximum Gasteiger partial charge on any atom is 0.321 e. The molecule has 0 bridgehead atoms. The van der Waals surface area contributed by atoms with E-state index in [1.54, 1.807) is 31.2 Å². The Morgan fingerprint density at radius 1 is 1.35 bits per heavy atom. The Bertz CT molecular complexity index is 493. The van der Waals surface area contributed by atoms with E-state index in [2.05, 4.69) is 0 Å². The molecule has 1 aromatic carbocycles. The summed E-state index contributed by atoms with van der Waals surface area (Å²) in [5.74, 6) is -1.58. The van der Waals surface area contributed by atoms with Crippen LogP contribution in [0.4, 0.5) is 5.69 Å². The second-order valence-corrected chi connectivity index (χ2v) is 5.97. The van der Waals surface area contributed by atoms with Gasteiger partial charge in [-0.15, -0.1) is 0 Å². The van der Waals surface area contributed by atoms with Gasteiger partial charge in [0.15, 0.2) is 15.1 Å². The molecule has 0 fully saturated rings. The van der Waals surface area contributed by atoms with E-state index < -0.39 is 21.1 Å². The zero-order valence-corrected chi connectivity index (χ0v) is 10.3. The van der Waals surface area contributed by atoms with Crippen LogP contribution in [0.5, 0.6) is 0 Å². The maximum absolute atomic E-state index is 11.8. The SMILES string of the molecule is CCC(C(=O)O)S(=O)(=O)Cc1ccc(N)cc1. The molecule has 0 aromatic heterocycles. The Balaban J connectivity index is 2.93. The summed E-state index contributed by atoms with van der Waals surface area (Å²) in [4.78, 5) is 10.8. The van der Waals surface area contributed by atoms with Gasteiger partial charge in [0.25, 0.3) is 0 Å². The van der Waals surface area contributed by atoms with Gasteiger partial charge in [-0.05, 0) is 24.1 Å². The van der Waals surface area contributed by atoms with Crippen molar-refractivity contribution in [2.75, 3.05) is 5.73 Å². The van der Waals surface area contributed by atoms with Crippen LogP contribution >= 0.6 is 0 Å². The second kappa shape index (κ2) is 5.18. The molecule has 0 radical (unpaired) electrons. The fraction of sp³-hybridized carbons (Fsp3) is 0.364. The van der Waals surface area contributed by atoms with Gasteiger partial charge in [0, 0.05) is 5.69 Å². The van der Waals surface area contributed by atoms with Gasteiger partial charge in [0.05, 0.1) is 5.75 Å². The molecule has 0 saturated carbocycles. The normalized spacial score (nSPS) is 13.2. The summed E-state index contributed by atoms with van der Waals surface area (Å²) < 4.78 is 23.7. The smallest absolute Gasteiger partial charge is 0.321 e. The molecule has 0 heterocycles. The number of carboxylic acid groups (broad SMARTS) is 1. The summed E-state index contributed by atoms with van der Waals surface area (Å²) in [6.07, 6.45) is 0.0621. The van der Waals surface area contributed by atoms with Gasteiger partial charge < -0.3 is 10.8 Å². The summed E-state index contributed by atoms with van der Waals surface area (Å²) in [5.41, 5.74) is 6.56. The molecular formula is C11H15NO4S. The number of anilines is 1. The highest BCUT2D eigenvalue weighted by molar-refractivity contribution is 7.92. The highest BCUT2D eigenvalue weighted by Gasteiger charge is 2.30. The quantitative estimate of drug-likeness (QED) is 0.768. The third kappa shape index (κ3) is 3.45. The van der Waals surface area contributed by atoms with Crippen molar-refractivity contribution < 1.29 is 18.3 Å². The predicted molar refractivity (Wildman–Crippen MR) is 65.2 cm³/mol. The van der Waals surface area contributed by atoms with Gasteiger partial charge in [0.2, 0.25) is 0 Å². The van der Waals surface area contributed by atoms with Crippen molar-refractivity contribution in [1.29, 1.82) is 0 Å². The van der Waals surface area contributed by atoms with E-state index in [1.165, 1.54) is 0 Å². The van der Waals surface area contributed by atoms with Crippen molar-refractivity contribution in [3.63, 3.8) is 0 Å². The fourth-order valence-corrected chi connectivity index (χ4v) is 3.20. The topological polar surface area (TPSA) is 97.5 Å². The maximum atomic E-state index is 11.8. The first-order valence-corrected chi connectivity index (χ1v) is 6.87. The standard InChI is InChI=1S/C11H15NO4S/c1-2-10(11(13)14)17(15,16)7-8-3-5-9(12)6-4-8/h3-6,10H,2,7,12H2,1H3,(H,13,14). The van der Waals surface area contributed by atoms with Crippen molar-refractivity contribution in [2.24, 2.45) is 0 Å². The van der Waals surface area contributed by atoms with Crippen molar-refractivity contribution in [3.05, 3.63) is 29.8 Å². The Morgan fingerprint density at radius 2 is 1.88 bits per heavy atom. The van der Waals surface area contributed by atoms with Gasteiger partial charge in [-0.1, -0.05) is 19.1 Å². The lowest BCUT2D eigenvalue weighted by molar-refractivity contribution is -0.136. The van der Waals surface area contributed by atoms with Gasteiger partial charge >= 0.3 is 5.97 Å². The third-order valence-electron chi connectivity index (χ3n) is 2.43. The number of rotatable bonds is 5. The second-order valence-electron chi connectivity index (χ2n) is 3.78. The van der Waals surface area contributed by atoms with E-state index in [9.17, 15) is 13.2 Å². The lowest BCUT2D eigenvalue weighted by atomic mass is 10.2. The lowest BCUT2D eigenvalue weighted by Gasteiger charge is -2.11. The van der Waals surface area contributed by atoms with Gasteiger partial charge in [0.1, 0.15) is 0 Å². The minimum Gasteiger partial charge on any atom is -0.480 e. The first-order chi connectivity index (χ1) is 7.86. The third-order valence-corrected chi connectivity index (χ3v) is 4.56. The van der Waals surface area contributed by atoms with Crippen LogP contribution in [-0.2, 0) is 20.4 Å². The Morgan fingerprint density at radius 3 is 2.29 bits per heavy atom. The number of carboxylic acids is 1. The van der Waals surface area contributed by atoms with Crippen LogP contribution in [0.2, 0.25) is 0 Å². The molecule has 94 valence electrons. The van der Waals surface area contributed by atoms with Crippen LogP contribution in [0.3, 0.4) is 0 Å². The van der Waals surface area contributed by atoms with E-state index in [0.29, 0.717) is 11.3 Å². The fourth-order valence-electron chi connectivity index (χ4n) is 1.53. The number of nitrogens with two attached hydrogens (primary N) is 1. The predicted octanol–water partition coefficient (Wildman–Crippen LogP) is 1.05. The molecule has 6 heteroatoms. The first-order valence-electron chi connectivity index (χ1n) is 5.15. The monoisotopic (exact) mass is 257 g/mol. The number of benzene rings is 1. The Labute approximate surface area is 100 Å². The molecule has 3 N–H and O–H groups in total. The Kier molecular flexibility index (Phi) is 4.11. The van der Waals surface area contributed by atoms with E-state index in [1.807, 2.05) is 0 Å². The zero-order valence-electron chi connectivity index (χ0n) is 9.46. The van der Waals surface area contributed by atoms with Crippen LogP contribution < -0.4 is 5.73 Å². The van der Waals surface area contributed by atoms with Crippen LogP contribution in [-0.4, -0.2) is 24.7 Å². The van der Waals surface area contributed by atoms with Gasteiger partial charge in [-0.3, -0.25) is 4.79 Å². The van der Waals surface area contributed by atoms with Crippen molar-refractivity contribution in [3.8, 4) is 0 Å². The van der Waals surface area contributed by atoms with Crippen LogP contribution in [0.25, 0.3) is 0 Å². The largest absolute Gasteiger partial charge is 0.480 e. The number of carbonyl (C=O) groups is 1. The molecule has 1 atom stereocenters. The molecule has 0 aliphatic carbocycles. The molecule has 17 heavy (non-hydrogen) atoms. The van der Waals surface area contributed by atoms with Crippen molar-refractivity contribution in [1.82, 2.24) is 0 Å². The van der Waals surface area contributed by atoms with E-state index in [4.69, 9.17) is 10.8 Å². The summed E-state index contributed by atoms with van der Waals surface area (Å²) in [5, 5.41) is 7.48. The van der Waals surface area contributed by atoms with E-state index in [0.717, 1.165) is 0 Å². The molecule has 1 unspecified atom stereocenters. The minimum atomic E-state index is -3.68. The average Bonchev–Trinajstić information content (AvgIpc) is 2.21. The molecular weight excluding hydrogens is 242 g/mol. The van der Waals surface area contributed by atoms with Gasteiger partial charge in [-0.2, -0.15) is 0 Å². The molecule has 0 amide bonds.